The predicted octanol–water partition coefficient (Wildman–Crippen LogP) is 2.88. The van der Waals surface area contributed by atoms with E-state index < -0.39 is 0 Å². The second-order valence-electron chi connectivity index (χ2n) is 5.88. The molecule has 1 aromatic carbocycles. The second-order valence-corrected chi connectivity index (χ2v) is 5.88. The average molecular weight is 313 g/mol. The van der Waals surface area contributed by atoms with E-state index in [0.29, 0.717) is 13.2 Å². The number of nitrogens with one attached hydrogen (secondary N) is 1. The van der Waals surface area contributed by atoms with Gasteiger partial charge >= 0.3 is 0 Å². The van der Waals surface area contributed by atoms with Gasteiger partial charge in [-0.1, -0.05) is 30.3 Å². The van der Waals surface area contributed by atoms with E-state index in [1.54, 1.807) is 6.20 Å². The molecule has 23 heavy (non-hydrogen) atoms. The first-order valence-corrected chi connectivity index (χ1v) is 8.02. The van der Waals surface area contributed by atoms with Crippen molar-refractivity contribution in [2.24, 2.45) is 0 Å². The van der Waals surface area contributed by atoms with Crippen molar-refractivity contribution in [1.29, 1.82) is 0 Å². The van der Waals surface area contributed by atoms with Gasteiger partial charge in [0.1, 0.15) is 5.82 Å². The second kappa shape index (κ2) is 7.53. The monoisotopic (exact) mass is 313 g/mol. The number of aryl methyl sites for hydroxylation is 2. The molecule has 2 aromatic rings. The van der Waals surface area contributed by atoms with Gasteiger partial charge in [-0.2, -0.15) is 0 Å². The number of hydrogen-bond donors (Lipinski definition) is 1. The van der Waals surface area contributed by atoms with E-state index in [2.05, 4.69) is 27.4 Å². The number of rotatable bonds is 5. The Morgan fingerprint density at radius 2 is 2.04 bits per heavy atom. The molecule has 0 saturated carbocycles. The van der Waals surface area contributed by atoms with E-state index in [-0.39, 0.29) is 12.1 Å². The summed E-state index contributed by atoms with van der Waals surface area (Å²) in [5, 5.41) is 3.41. The van der Waals surface area contributed by atoms with Crippen molar-refractivity contribution < 1.29 is 9.47 Å². The van der Waals surface area contributed by atoms with Crippen LogP contribution < -0.4 is 5.32 Å². The number of anilines is 1. The first kappa shape index (κ1) is 15.9. The summed E-state index contributed by atoms with van der Waals surface area (Å²) in [4.78, 5) is 8.89. The molecule has 1 aliphatic heterocycles. The van der Waals surface area contributed by atoms with Crippen LogP contribution >= 0.6 is 0 Å². The molecule has 1 fully saturated rings. The Kier molecular flexibility index (Phi) is 5.20. The maximum Gasteiger partial charge on any atom is 0.145 e. The lowest BCUT2D eigenvalue weighted by Crippen LogP contribution is -2.44. The van der Waals surface area contributed by atoms with Crippen LogP contribution in [0.25, 0.3) is 0 Å². The molecule has 0 unspecified atom stereocenters. The van der Waals surface area contributed by atoms with Gasteiger partial charge < -0.3 is 14.8 Å². The maximum absolute atomic E-state index is 6.12. The summed E-state index contributed by atoms with van der Waals surface area (Å²) in [5.74, 6) is 0.775. The van der Waals surface area contributed by atoms with Crippen molar-refractivity contribution in [2.75, 3.05) is 18.5 Å². The molecular formula is C18H23N3O2. The van der Waals surface area contributed by atoms with Gasteiger partial charge in [0.25, 0.3) is 0 Å². The summed E-state index contributed by atoms with van der Waals surface area (Å²) in [7, 11) is 0. The van der Waals surface area contributed by atoms with Crippen LogP contribution in [0.1, 0.15) is 23.4 Å². The van der Waals surface area contributed by atoms with Crippen LogP contribution in [0, 0.1) is 13.8 Å². The van der Waals surface area contributed by atoms with Crippen molar-refractivity contribution in [3.63, 3.8) is 0 Å². The third-order valence-corrected chi connectivity index (χ3v) is 4.13. The van der Waals surface area contributed by atoms with Crippen molar-refractivity contribution in [2.45, 2.75) is 39.0 Å². The molecule has 1 N–H and O–H groups in total. The molecule has 1 saturated heterocycles. The fourth-order valence-electron chi connectivity index (χ4n) is 2.63. The fraction of sp³-hybridized carbons (Fsp3) is 0.444. The molecule has 3 rings (SSSR count). The Hall–Kier alpha value is -1.98. The molecule has 5 heteroatoms. The average Bonchev–Trinajstić information content (AvgIpc) is 2.58. The van der Waals surface area contributed by atoms with Crippen LogP contribution in [0.4, 0.5) is 5.82 Å². The highest BCUT2D eigenvalue weighted by Gasteiger charge is 2.27. The number of nitrogens with zero attached hydrogens (tertiary/aromatic N) is 2. The van der Waals surface area contributed by atoms with Crippen LogP contribution in [-0.4, -0.2) is 35.3 Å². The molecule has 0 radical (unpaired) electrons. The molecule has 0 amide bonds. The van der Waals surface area contributed by atoms with E-state index in [1.807, 2.05) is 32.0 Å². The van der Waals surface area contributed by atoms with Gasteiger partial charge in [-0.25, -0.2) is 4.98 Å². The zero-order valence-corrected chi connectivity index (χ0v) is 13.7. The first-order valence-electron chi connectivity index (χ1n) is 8.02. The molecule has 2 atom stereocenters. The highest BCUT2D eigenvalue weighted by atomic mass is 16.5. The minimum atomic E-state index is 0.0869. The Labute approximate surface area is 137 Å². The third-order valence-electron chi connectivity index (χ3n) is 4.13. The van der Waals surface area contributed by atoms with Crippen LogP contribution in [0.15, 0.2) is 36.5 Å². The van der Waals surface area contributed by atoms with Gasteiger partial charge in [-0.15, -0.1) is 0 Å². The number of ether oxygens (including phenoxy) is 2. The van der Waals surface area contributed by atoms with Gasteiger partial charge in [-0.05, 0) is 25.8 Å². The Balaban J connectivity index is 1.62. The molecule has 0 spiro atoms. The molecule has 1 aliphatic rings. The molecule has 2 heterocycles. The van der Waals surface area contributed by atoms with Gasteiger partial charge in [0.05, 0.1) is 42.9 Å². The molecule has 0 aliphatic carbocycles. The standard InChI is InChI=1S/C18H23N3O2/c1-13-14(2)20-18(10-19-13)21-16-12-22-9-8-17(16)23-11-15-6-4-3-5-7-15/h3-7,10,16-17H,8-9,11-12H2,1-2H3,(H,20,21)/t16-,17+/m1/s1. The van der Waals surface area contributed by atoms with Crippen molar-refractivity contribution in [3.05, 3.63) is 53.5 Å². The van der Waals surface area contributed by atoms with Gasteiger partial charge in [-0.3, -0.25) is 4.98 Å². The lowest BCUT2D eigenvalue weighted by molar-refractivity contribution is -0.0479. The van der Waals surface area contributed by atoms with Crippen molar-refractivity contribution >= 4 is 5.82 Å². The van der Waals surface area contributed by atoms with Crippen LogP contribution in [0.3, 0.4) is 0 Å². The van der Waals surface area contributed by atoms with E-state index >= 15 is 0 Å². The van der Waals surface area contributed by atoms with E-state index in [4.69, 9.17) is 9.47 Å². The first-order chi connectivity index (χ1) is 11.2. The normalized spacial score (nSPS) is 21.1. The zero-order valence-electron chi connectivity index (χ0n) is 13.7. The van der Waals surface area contributed by atoms with E-state index in [9.17, 15) is 0 Å². The number of benzene rings is 1. The summed E-state index contributed by atoms with van der Waals surface area (Å²) < 4.78 is 11.7. The molecule has 0 bridgehead atoms. The molecule has 122 valence electrons. The maximum atomic E-state index is 6.12. The summed E-state index contributed by atoms with van der Waals surface area (Å²) in [6.07, 6.45) is 2.75. The SMILES string of the molecule is Cc1ncc(N[C@@H]2COCC[C@@H]2OCc2ccccc2)nc1C. The smallest absolute Gasteiger partial charge is 0.145 e. The zero-order chi connectivity index (χ0) is 16.1. The number of hydrogen-bond acceptors (Lipinski definition) is 5. The van der Waals surface area contributed by atoms with Crippen molar-refractivity contribution in [3.8, 4) is 0 Å². The Morgan fingerprint density at radius 3 is 2.83 bits per heavy atom. The highest BCUT2D eigenvalue weighted by Crippen LogP contribution is 2.18. The highest BCUT2D eigenvalue weighted by molar-refractivity contribution is 5.35. The van der Waals surface area contributed by atoms with E-state index in [1.165, 1.54) is 5.56 Å². The summed E-state index contributed by atoms with van der Waals surface area (Å²) in [6.45, 7) is 5.89. The quantitative estimate of drug-likeness (QED) is 0.920. The predicted molar refractivity (Wildman–Crippen MR) is 89.4 cm³/mol. The van der Waals surface area contributed by atoms with Gasteiger partial charge in [0.15, 0.2) is 0 Å². The lowest BCUT2D eigenvalue weighted by atomic mass is 10.1. The lowest BCUT2D eigenvalue weighted by Gasteiger charge is -2.32. The van der Waals surface area contributed by atoms with E-state index in [0.717, 1.165) is 30.2 Å². The Morgan fingerprint density at radius 1 is 1.22 bits per heavy atom. The van der Waals surface area contributed by atoms with Gasteiger partial charge in [0.2, 0.25) is 0 Å². The molecule has 1 aromatic heterocycles. The van der Waals surface area contributed by atoms with Crippen LogP contribution in [0.2, 0.25) is 0 Å². The molecule has 5 nitrogen and oxygen atoms in total. The fourth-order valence-corrected chi connectivity index (χ4v) is 2.63. The van der Waals surface area contributed by atoms with Crippen molar-refractivity contribution in [1.82, 2.24) is 9.97 Å². The summed E-state index contributed by atoms with van der Waals surface area (Å²) >= 11 is 0. The van der Waals surface area contributed by atoms with Gasteiger partial charge in [0, 0.05) is 6.61 Å². The topological polar surface area (TPSA) is 56.3 Å². The minimum Gasteiger partial charge on any atom is -0.379 e. The number of aromatic nitrogens is 2. The molecular weight excluding hydrogens is 290 g/mol. The van der Waals surface area contributed by atoms with Crippen LogP contribution in [-0.2, 0) is 16.1 Å². The minimum absolute atomic E-state index is 0.0869. The Bertz CT molecular complexity index is 633. The summed E-state index contributed by atoms with van der Waals surface area (Å²) in [5.41, 5.74) is 3.07. The third kappa shape index (κ3) is 4.27. The largest absolute Gasteiger partial charge is 0.379 e. The summed E-state index contributed by atoms with van der Waals surface area (Å²) in [6, 6.07) is 10.3. The van der Waals surface area contributed by atoms with Crippen LogP contribution in [0.5, 0.6) is 0 Å².